The fraction of sp³-hybridized carbons (Fsp3) is 1.00. The summed E-state index contributed by atoms with van der Waals surface area (Å²) >= 11 is 0. The van der Waals surface area contributed by atoms with E-state index in [1.54, 1.807) is 0 Å². The summed E-state index contributed by atoms with van der Waals surface area (Å²) in [6.07, 6.45) is 16.6. The van der Waals surface area contributed by atoms with E-state index in [1.165, 1.54) is 83.6 Å². The number of rotatable bonds is 4. The van der Waals surface area contributed by atoms with Crippen LogP contribution in [0.3, 0.4) is 0 Å². The average Bonchev–Trinajstić information content (AvgIpc) is 2.54. The molecule has 3 fully saturated rings. The molecule has 1 heterocycles. The number of hydrogen-bond acceptors (Lipinski definition) is 2. The zero-order chi connectivity index (χ0) is 14.5. The summed E-state index contributed by atoms with van der Waals surface area (Å²) in [4.78, 5) is 0. The van der Waals surface area contributed by atoms with Gasteiger partial charge in [0.15, 0.2) is 0 Å². The molecule has 0 aromatic carbocycles. The first kappa shape index (κ1) is 15.8. The Kier molecular flexibility index (Phi) is 5.61. The lowest BCUT2D eigenvalue weighted by atomic mass is 9.68. The third-order valence-electron chi connectivity index (χ3n) is 6.36. The minimum absolute atomic E-state index is 0.297. The van der Waals surface area contributed by atoms with Crippen LogP contribution in [0.15, 0.2) is 0 Å². The van der Waals surface area contributed by atoms with Crippen molar-refractivity contribution in [3.8, 4) is 0 Å². The van der Waals surface area contributed by atoms with E-state index in [9.17, 15) is 0 Å². The third-order valence-corrected chi connectivity index (χ3v) is 6.36. The number of hydrogen-bond donors (Lipinski definition) is 1. The minimum Gasteiger partial charge on any atom is -0.375 e. The Morgan fingerprint density at radius 3 is 2.67 bits per heavy atom. The highest BCUT2D eigenvalue weighted by molar-refractivity contribution is 4.93. The molecule has 0 aromatic heterocycles. The molecule has 1 spiro atoms. The van der Waals surface area contributed by atoms with Crippen LogP contribution in [0.2, 0.25) is 0 Å². The molecule has 3 aliphatic rings. The van der Waals surface area contributed by atoms with Crippen molar-refractivity contribution in [2.24, 2.45) is 11.8 Å². The summed E-state index contributed by atoms with van der Waals surface area (Å²) in [7, 11) is 0. The van der Waals surface area contributed by atoms with E-state index in [0.717, 1.165) is 24.5 Å². The van der Waals surface area contributed by atoms with Gasteiger partial charge in [0.1, 0.15) is 0 Å². The molecule has 3 rings (SSSR count). The van der Waals surface area contributed by atoms with Gasteiger partial charge in [-0.1, -0.05) is 39.0 Å². The summed E-state index contributed by atoms with van der Waals surface area (Å²) < 4.78 is 6.30. The van der Waals surface area contributed by atoms with Crippen LogP contribution in [0.5, 0.6) is 0 Å². The van der Waals surface area contributed by atoms with Crippen molar-refractivity contribution in [3.05, 3.63) is 0 Å². The van der Waals surface area contributed by atoms with Gasteiger partial charge >= 0.3 is 0 Å². The summed E-state index contributed by atoms with van der Waals surface area (Å²) in [5.41, 5.74) is 0.297. The molecule has 0 bridgehead atoms. The highest BCUT2D eigenvalue weighted by Crippen LogP contribution is 2.45. The predicted molar refractivity (Wildman–Crippen MR) is 88.5 cm³/mol. The molecule has 0 aromatic rings. The van der Waals surface area contributed by atoms with Gasteiger partial charge in [-0.3, -0.25) is 0 Å². The smallest absolute Gasteiger partial charge is 0.0685 e. The molecule has 2 heteroatoms. The summed E-state index contributed by atoms with van der Waals surface area (Å²) in [6, 6.07) is 0.800. The van der Waals surface area contributed by atoms with Gasteiger partial charge in [-0.05, 0) is 63.3 Å². The normalized spacial score (nSPS) is 36.7. The predicted octanol–water partition coefficient (Wildman–Crippen LogP) is 4.67. The van der Waals surface area contributed by atoms with Gasteiger partial charge in [0.25, 0.3) is 0 Å². The second-order valence-electron chi connectivity index (χ2n) is 7.92. The van der Waals surface area contributed by atoms with E-state index in [4.69, 9.17) is 4.74 Å². The van der Waals surface area contributed by atoms with E-state index in [2.05, 4.69) is 12.2 Å². The molecular weight excluding hydrogens is 258 g/mol. The zero-order valence-electron chi connectivity index (χ0n) is 14.0. The number of ether oxygens (including phenoxy) is 1. The molecule has 0 radical (unpaired) electrons. The van der Waals surface area contributed by atoms with E-state index >= 15 is 0 Å². The molecule has 21 heavy (non-hydrogen) atoms. The van der Waals surface area contributed by atoms with Crippen molar-refractivity contribution >= 4 is 0 Å². The van der Waals surface area contributed by atoms with Crippen LogP contribution in [0.1, 0.15) is 84.0 Å². The first-order chi connectivity index (χ1) is 10.3. The Morgan fingerprint density at radius 2 is 1.86 bits per heavy atom. The lowest BCUT2D eigenvalue weighted by Gasteiger charge is -2.47. The third kappa shape index (κ3) is 4.01. The van der Waals surface area contributed by atoms with Gasteiger partial charge in [0.2, 0.25) is 0 Å². The topological polar surface area (TPSA) is 21.3 Å². The maximum atomic E-state index is 6.30. The van der Waals surface area contributed by atoms with Gasteiger partial charge in [-0.15, -0.1) is 0 Å². The lowest BCUT2D eigenvalue weighted by Crippen LogP contribution is -2.45. The van der Waals surface area contributed by atoms with E-state index < -0.39 is 0 Å². The van der Waals surface area contributed by atoms with E-state index in [0.29, 0.717) is 5.60 Å². The van der Waals surface area contributed by atoms with Crippen LogP contribution in [0.4, 0.5) is 0 Å². The van der Waals surface area contributed by atoms with Crippen LogP contribution >= 0.6 is 0 Å². The Labute approximate surface area is 131 Å². The van der Waals surface area contributed by atoms with Gasteiger partial charge in [-0.25, -0.2) is 0 Å². The monoisotopic (exact) mass is 293 g/mol. The fourth-order valence-electron chi connectivity index (χ4n) is 5.20. The van der Waals surface area contributed by atoms with Crippen LogP contribution in [-0.4, -0.2) is 24.8 Å². The SMILES string of the molecule is CCCNC1CCCC(C2CCOC3(CCCCC3)C2)C1. The maximum Gasteiger partial charge on any atom is 0.0685 e. The summed E-state index contributed by atoms with van der Waals surface area (Å²) in [5.74, 6) is 1.92. The van der Waals surface area contributed by atoms with Gasteiger partial charge in [-0.2, -0.15) is 0 Å². The molecule has 3 atom stereocenters. The second kappa shape index (κ2) is 7.46. The Hall–Kier alpha value is -0.0800. The molecule has 2 aliphatic carbocycles. The second-order valence-corrected chi connectivity index (χ2v) is 7.92. The molecule has 2 saturated carbocycles. The Balaban J connectivity index is 1.55. The molecule has 122 valence electrons. The van der Waals surface area contributed by atoms with Crippen molar-refractivity contribution in [1.29, 1.82) is 0 Å². The lowest BCUT2D eigenvalue weighted by molar-refractivity contribution is -0.127. The van der Waals surface area contributed by atoms with E-state index in [-0.39, 0.29) is 0 Å². The van der Waals surface area contributed by atoms with Crippen molar-refractivity contribution in [2.45, 2.75) is 95.6 Å². The first-order valence-electron chi connectivity index (χ1n) is 9.69. The molecule has 1 saturated heterocycles. The van der Waals surface area contributed by atoms with Crippen molar-refractivity contribution < 1.29 is 4.74 Å². The molecule has 2 nitrogen and oxygen atoms in total. The van der Waals surface area contributed by atoms with Crippen LogP contribution in [0.25, 0.3) is 0 Å². The van der Waals surface area contributed by atoms with Crippen LogP contribution in [-0.2, 0) is 4.74 Å². The minimum atomic E-state index is 0.297. The Morgan fingerprint density at radius 1 is 1.00 bits per heavy atom. The van der Waals surface area contributed by atoms with E-state index in [1.807, 2.05) is 0 Å². The van der Waals surface area contributed by atoms with Crippen molar-refractivity contribution in [2.75, 3.05) is 13.2 Å². The average molecular weight is 293 g/mol. The van der Waals surface area contributed by atoms with Gasteiger partial charge in [0.05, 0.1) is 5.60 Å². The van der Waals surface area contributed by atoms with Crippen LogP contribution in [0, 0.1) is 11.8 Å². The highest BCUT2D eigenvalue weighted by Gasteiger charge is 2.41. The summed E-state index contributed by atoms with van der Waals surface area (Å²) in [5, 5.41) is 3.78. The number of nitrogens with one attached hydrogen (secondary N) is 1. The molecule has 0 amide bonds. The first-order valence-corrected chi connectivity index (χ1v) is 9.69. The standard InChI is InChI=1S/C19H35NO/c1-2-12-20-18-8-6-7-16(14-18)17-9-13-21-19(15-17)10-4-3-5-11-19/h16-18,20H,2-15H2,1H3. The van der Waals surface area contributed by atoms with Crippen molar-refractivity contribution in [3.63, 3.8) is 0 Å². The van der Waals surface area contributed by atoms with Crippen LogP contribution < -0.4 is 5.32 Å². The molecule has 1 N–H and O–H groups in total. The van der Waals surface area contributed by atoms with Gasteiger partial charge in [0, 0.05) is 12.6 Å². The largest absolute Gasteiger partial charge is 0.375 e. The Bertz CT molecular complexity index is 305. The quantitative estimate of drug-likeness (QED) is 0.813. The zero-order valence-corrected chi connectivity index (χ0v) is 14.0. The van der Waals surface area contributed by atoms with Crippen molar-refractivity contribution in [1.82, 2.24) is 5.32 Å². The maximum absolute atomic E-state index is 6.30. The van der Waals surface area contributed by atoms with Gasteiger partial charge < -0.3 is 10.1 Å². The molecular formula is C19H35NO. The molecule has 1 aliphatic heterocycles. The summed E-state index contributed by atoms with van der Waals surface area (Å²) in [6.45, 7) is 4.52. The highest BCUT2D eigenvalue weighted by atomic mass is 16.5. The fourth-order valence-corrected chi connectivity index (χ4v) is 5.20. The molecule has 3 unspecified atom stereocenters.